The van der Waals surface area contributed by atoms with Crippen LogP contribution in [0.3, 0.4) is 0 Å². The molecule has 4 nitrogen and oxygen atoms in total. The summed E-state index contributed by atoms with van der Waals surface area (Å²) in [6.45, 7) is 0.652. The van der Waals surface area contributed by atoms with E-state index in [1.807, 2.05) is 19.0 Å². The van der Waals surface area contributed by atoms with Crippen LogP contribution in [0.4, 0.5) is 8.78 Å². The summed E-state index contributed by atoms with van der Waals surface area (Å²) in [5.41, 5.74) is -1.84. The molecule has 0 radical (unpaired) electrons. The van der Waals surface area contributed by atoms with Gasteiger partial charge in [-0.3, -0.25) is 4.90 Å². The van der Waals surface area contributed by atoms with Gasteiger partial charge in [-0.15, -0.1) is 0 Å². The molecule has 0 aromatic carbocycles. The van der Waals surface area contributed by atoms with Gasteiger partial charge >= 0.3 is 5.97 Å². The van der Waals surface area contributed by atoms with Gasteiger partial charge in [-0.2, -0.15) is 0 Å². The maximum atomic E-state index is 13.2. The van der Waals surface area contributed by atoms with Crippen LogP contribution < -0.4 is 0 Å². The lowest BCUT2D eigenvalue weighted by Gasteiger charge is -2.36. The van der Waals surface area contributed by atoms with E-state index in [1.54, 1.807) is 0 Å². The zero-order valence-corrected chi connectivity index (χ0v) is 11.2. The van der Waals surface area contributed by atoms with E-state index in [-0.39, 0.29) is 6.42 Å². The number of carbonyl (C=O) groups excluding carboxylic acids is 1. The largest absolute Gasteiger partial charge is 0.467 e. The van der Waals surface area contributed by atoms with Crippen LogP contribution in [-0.4, -0.2) is 69.6 Å². The Bertz CT molecular complexity index is 238. The highest BCUT2D eigenvalue weighted by atomic mass is 19.3. The van der Waals surface area contributed by atoms with E-state index < -0.39 is 17.9 Å². The third-order valence-corrected chi connectivity index (χ3v) is 2.86. The molecule has 0 aliphatic carbocycles. The monoisotopic (exact) mass is 252 g/mol. The van der Waals surface area contributed by atoms with Gasteiger partial charge in [0.1, 0.15) is 0 Å². The zero-order chi connectivity index (χ0) is 13.6. The smallest absolute Gasteiger partial charge is 0.332 e. The van der Waals surface area contributed by atoms with Crippen molar-refractivity contribution < 1.29 is 18.3 Å². The van der Waals surface area contributed by atoms with Crippen molar-refractivity contribution in [2.45, 2.75) is 24.8 Å². The molecule has 0 bridgehead atoms. The van der Waals surface area contributed by atoms with Crippen LogP contribution in [0.2, 0.25) is 0 Å². The number of nitrogens with zero attached hydrogens (tertiary/aromatic N) is 2. The van der Waals surface area contributed by atoms with Gasteiger partial charge in [0.15, 0.2) is 5.54 Å². The first-order chi connectivity index (χ1) is 7.78. The van der Waals surface area contributed by atoms with E-state index in [0.717, 1.165) is 7.11 Å². The Morgan fingerprint density at radius 3 is 2.12 bits per heavy atom. The maximum Gasteiger partial charge on any atom is 0.332 e. The first-order valence-corrected chi connectivity index (χ1v) is 5.47. The Morgan fingerprint density at radius 1 is 1.29 bits per heavy atom. The second kappa shape index (κ2) is 6.86. The molecule has 1 atom stereocenters. The lowest BCUT2D eigenvalue weighted by molar-refractivity contribution is -0.166. The van der Waals surface area contributed by atoms with Crippen molar-refractivity contribution in [3.05, 3.63) is 0 Å². The van der Waals surface area contributed by atoms with Gasteiger partial charge in [0.2, 0.25) is 0 Å². The van der Waals surface area contributed by atoms with Crippen LogP contribution in [0.1, 0.15) is 12.8 Å². The Morgan fingerprint density at radius 2 is 1.82 bits per heavy atom. The molecule has 0 N–H and O–H groups in total. The summed E-state index contributed by atoms with van der Waals surface area (Å²) in [6, 6.07) is 0. The summed E-state index contributed by atoms with van der Waals surface area (Å²) in [5.74, 6) is -0.878. The van der Waals surface area contributed by atoms with E-state index in [0.29, 0.717) is 13.0 Å². The molecule has 6 heteroatoms. The molecule has 0 saturated carbocycles. The Labute approximate surface area is 102 Å². The third kappa shape index (κ3) is 3.89. The molecule has 0 unspecified atom stereocenters. The fraction of sp³-hybridized carbons (Fsp3) is 0.909. The van der Waals surface area contributed by atoms with Crippen LogP contribution in [0.15, 0.2) is 0 Å². The summed E-state index contributed by atoms with van der Waals surface area (Å²) in [5, 5.41) is 0. The number of hydrogen-bond donors (Lipinski definition) is 0. The van der Waals surface area contributed by atoms with Crippen LogP contribution in [0.5, 0.6) is 0 Å². The highest BCUT2D eigenvalue weighted by Gasteiger charge is 2.50. The molecule has 102 valence electrons. The van der Waals surface area contributed by atoms with E-state index in [4.69, 9.17) is 0 Å². The molecule has 0 fully saturated rings. The number of methoxy groups -OCH3 is 1. The van der Waals surface area contributed by atoms with Crippen molar-refractivity contribution in [3.8, 4) is 0 Å². The van der Waals surface area contributed by atoms with Crippen LogP contribution >= 0.6 is 0 Å². The second-order valence-corrected chi connectivity index (χ2v) is 4.52. The van der Waals surface area contributed by atoms with Gasteiger partial charge in [-0.1, -0.05) is 0 Å². The van der Waals surface area contributed by atoms with E-state index in [9.17, 15) is 13.6 Å². The van der Waals surface area contributed by atoms with Crippen LogP contribution in [-0.2, 0) is 9.53 Å². The highest BCUT2D eigenvalue weighted by molar-refractivity contribution is 5.81. The fourth-order valence-electron chi connectivity index (χ4n) is 1.74. The number of alkyl halides is 2. The number of halogens is 2. The Balaban J connectivity index is 4.87. The van der Waals surface area contributed by atoms with Crippen LogP contribution in [0, 0.1) is 0 Å². The summed E-state index contributed by atoms with van der Waals surface area (Å²) in [4.78, 5) is 14.8. The number of rotatable bonds is 7. The zero-order valence-electron chi connectivity index (χ0n) is 11.2. The molecule has 0 rings (SSSR count). The van der Waals surface area contributed by atoms with Gasteiger partial charge in [-0.25, -0.2) is 13.6 Å². The lowest BCUT2D eigenvalue weighted by atomic mass is 9.92. The van der Waals surface area contributed by atoms with Gasteiger partial charge in [0.05, 0.1) is 7.11 Å². The van der Waals surface area contributed by atoms with Crippen molar-refractivity contribution in [3.63, 3.8) is 0 Å². The predicted molar refractivity (Wildman–Crippen MR) is 62.2 cm³/mol. The summed E-state index contributed by atoms with van der Waals surface area (Å²) in [6.07, 6.45) is -2.19. The standard InChI is InChI=1S/C11H22F2N2O2/c1-14(2)8-6-7-11(9(12)13,15(3)4)10(16)17-5/h9H,6-8H2,1-5H3/t11-/m0/s1. The Kier molecular flexibility index (Phi) is 6.56. The van der Waals surface area contributed by atoms with Gasteiger partial charge in [0.25, 0.3) is 6.43 Å². The first-order valence-electron chi connectivity index (χ1n) is 5.47. The average molecular weight is 252 g/mol. The minimum Gasteiger partial charge on any atom is -0.467 e. The van der Waals surface area contributed by atoms with Crippen molar-refractivity contribution in [2.75, 3.05) is 41.8 Å². The summed E-state index contributed by atoms with van der Waals surface area (Å²) >= 11 is 0. The normalized spacial score (nSPS) is 15.4. The molecule has 0 amide bonds. The third-order valence-electron chi connectivity index (χ3n) is 2.86. The number of carbonyl (C=O) groups is 1. The topological polar surface area (TPSA) is 32.8 Å². The van der Waals surface area contributed by atoms with Crippen molar-refractivity contribution in [2.24, 2.45) is 0 Å². The molecule has 0 aliphatic heterocycles. The number of hydrogen-bond acceptors (Lipinski definition) is 4. The molecule has 0 aliphatic rings. The minimum atomic E-state index is -2.77. The highest BCUT2D eigenvalue weighted by Crippen LogP contribution is 2.28. The van der Waals surface area contributed by atoms with E-state index in [1.165, 1.54) is 19.0 Å². The molecule has 0 saturated heterocycles. The number of ether oxygens (including phenoxy) is 1. The predicted octanol–water partition coefficient (Wildman–Crippen LogP) is 1.07. The Hall–Kier alpha value is -0.750. The second-order valence-electron chi connectivity index (χ2n) is 4.52. The minimum absolute atomic E-state index is 0.0719. The number of likely N-dealkylation sites (N-methyl/N-ethyl adjacent to an activating group) is 1. The molecule has 0 spiro atoms. The fourth-order valence-corrected chi connectivity index (χ4v) is 1.74. The van der Waals surface area contributed by atoms with E-state index in [2.05, 4.69) is 4.74 Å². The molecule has 0 heterocycles. The van der Waals surface area contributed by atoms with E-state index >= 15 is 0 Å². The quantitative estimate of drug-likeness (QED) is 0.634. The van der Waals surface area contributed by atoms with Crippen molar-refractivity contribution >= 4 is 5.97 Å². The first kappa shape index (κ1) is 16.2. The molecular formula is C11H22F2N2O2. The van der Waals surface area contributed by atoms with Gasteiger partial charge < -0.3 is 9.64 Å². The summed E-state index contributed by atoms with van der Waals surface area (Å²) < 4.78 is 30.9. The number of esters is 1. The molecular weight excluding hydrogens is 230 g/mol. The van der Waals surface area contributed by atoms with Gasteiger partial charge in [-0.05, 0) is 47.6 Å². The summed E-state index contributed by atoms with van der Waals surface area (Å²) in [7, 11) is 7.79. The lowest BCUT2D eigenvalue weighted by Crippen LogP contribution is -2.57. The maximum absolute atomic E-state index is 13.2. The van der Waals surface area contributed by atoms with Crippen LogP contribution in [0.25, 0.3) is 0 Å². The molecule has 17 heavy (non-hydrogen) atoms. The van der Waals surface area contributed by atoms with Crippen molar-refractivity contribution in [1.82, 2.24) is 9.80 Å². The molecule has 0 aromatic heterocycles. The SMILES string of the molecule is COC(=O)[C@](CCCN(C)C)(C(F)F)N(C)C. The molecule has 0 aromatic rings. The van der Waals surface area contributed by atoms with Gasteiger partial charge in [0, 0.05) is 0 Å². The van der Waals surface area contributed by atoms with Crippen molar-refractivity contribution in [1.29, 1.82) is 0 Å². The average Bonchev–Trinajstić information content (AvgIpc) is 2.21.